The average Bonchev–Trinajstić information content (AvgIpc) is 2.92. The van der Waals surface area contributed by atoms with Gasteiger partial charge in [-0.15, -0.1) is 0 Å². The fourth-order valence-electron chi connectivity index (χ4n) is 1.48. The number of anilines is 1. The van der Waals surface area contributed by atoms with E-state index in [0.29, 0.717) is 11.9 Å². The van der Waals surface area contributed by atoms with Crippen molar-refractivity contribution in [3.63, 3.8) is 0 Å². The van der Waals surface area contributed by atoms with E-state index in [-0.39, 0.29) is 5.28 Å². The first-order valence-electron chi connectivity index (χ1n) is 5.94. The van der Waals surface area contributed by atoms with Gasteiger partial charge < -0.3 is 10.1 Å². The molecule has 8 heteroatoms. The maximum absolute atomic E-state index is 5.87. The highest BCUT2D eigenvalue weighted by Crippen LogP contribution is 2.09. The van der Waals surface area contributed by atoms with Gasteiger partial charge in [0.25, 0.3) is 5.95 Å². The molecular weight excluding hydrogens is 268 g/mol. The van der Waals surface area contributed by atoms with Crippen molar-refractivity contribution in [2.24, 2.45) is 0 Å². The monoisotopic (exact) mass is 282 g/mol. The van der Waals surface area contributed by atoms with Gasteiger partial charge in [-0.25, -0.2) is 4.68 Å². The van der Waals surface area contributed by atoms with Gasteiger partial charge in [-0.1, -0.05) is 0 Å². The summed E-state index contributed by atoms with van der Waals surface area (Å²) in [6, 6.07) is 1.79. The topological polar surface area (TPSA) is 77.8 Å². The lowest BCUT2D eigenvalue weighted by atomic mass is 10.3. The van der Waals surface area contributed by atoms with Crippen molar-refractivity contribution in [1.29, 1.82) is 0 Å². The summed E-state index contributed by atoms with van der Waals surface area (Å²) in [5.41, 5.74) is 0. The van der Waals surface area contributed by atoms with Crippen LogP contribution in [0.5, 0.6) is 0 Å². The molecule has 0 saturated heterocycles. The van der Waals surface area contributed by atoms with E-state index < -0.39 is 0 Å². The molecule has 0 aliphatic heterocycles. The first-order chi connectivity index (χ1) is 9.29. The summed E-state index contributed by atoms with van der Waals surface area (Å²) >= 11 is 5.87. The third-order valence-corrected chi connectivity index (χ3v) is 2.53. The largest absolute Gasteiger partial charge is 0.385 e. The molecule has 0 bridgehead atoms. The standard InChI is InChI=1S/C11H15ClN6O/c1-19-8-3-2-5-13-10-15-9(12)16-11(17-10)18-7-4-6-14-18/h4,6-7H,2-3,5,8H2,1H3,(H,13,15,16,17). The van der Waals surface area contributed by atoms with E-state index in [2.05, 4.69) is 25.4 Å². The second-order valence-electron chi connectivity index (χ2n) is 3.81. The molecule has 0 radical (unpaired) electrons. The van der Waals surface area contributed by atoms with Gasteiger partial charge in [0.1, 0.15) is 0 Å². The number of rotatable bonds is 7. The predicted octanol–water partition coefficient (Wildman–Crippen LogP) is 1.55. The van der Waals surface area contributed by atoms with Gasteiger partial charge in [0.2, 0.25) is 11.2 Å². The number of ether oxygens (including phenoxy) is 1. The van der Waals surface area contributed by atoms with Gasteiger partial charge in [-0.3, -0.25) is 0 Å². The normalized spacial score (nSPS) is 10.6. The van der Waals surface area contributed by atoms with E-state index in [4.69, 9.17) is 16.3 Å². The van der Waals surface area contributed by atoms with Gasteiger partial charge in [0.15, 0.2) is 0 Å². The fourth-order valence-corrected chi connectivity index (χ4v) is 1.64. The molecule has 2 aromatic rings. The summed E-state index contributed by atoms with van der Waals surface area (Å²) in [6.45, 7) is 1.50. The van der Waals surface area contributed by atoms with Gasteiger partial charge in [0, 0.05) is 32.7 Å². The zero-order valence-electron chi connectivity index (χ0n) is 10.6. The zero-order valence-corrected chi connectivity index (χ0v) is 11.3. The summed E-state index contributed by atoms with van der Waals surface area (Å²) in [5.74, 6) is 0.840. The molecule has 1 N–H and O–H groups in total. The Morgan fingerprint density at radius 1 is 1.32 bits per heavy atom. The Hall–Kier alpha value is -1.73. The number of methoxy groups -OCH3 is 1. The second-order valence-corrected chi connectivity index (χ2v) is 4.14. The Kier molecular flexibility index (Phi) is 5.05. The predicted molar refractivity (Wildman–Crippen MR) is 71.6 cm³/mol. The number of unbranched alkanes of at least 4 members (excludes halogenated alkanes) is 1. The highest BCUT2D eigenvalue weighted by atomic mass is 35.5. The minimum atomic E-state index is 0.139. The number of nitrogens with zero attached hydrogens (tertiary/aromatic N) is 5. The summed E-state index contributed by atoms with van der Waals surface area (Å²) in [6.07, 6.45) is 5.34. The van der Waals surface area contributed by atoms with Crippen LogP contribution in [0.1, 0.15) is 12.8 Å². The van der Waals surface area contributed by atoms with E-state index in [1.54, 1.807) is 25.6 Å². The van der Waals surface area contributed by atoms with E-state index in [9.17, 15) is 0 Å². The molecule has 0 fully saturated rings. The first-order valence-corrected chi connectivity index (χ1v) is 6.32. The van der Waals surface area contributed by atoms with E-state index in [1.807, 2.05) is 0 Å². The zero-order chi connectivity index (χ0) is 13.5. The lowest BCUT2D eigenvalue weighted by Crippen LogP contribution is -2.10. The Morgan fingerprint density at radius 2 is 2.21 bits per heavy atom. The molecular formula is C11H15ClN6O. The fraction of sp³-hybridized carbons (Fsp3) is 0.455. The second kappa shape index (κ2) is 7.01. The van der Waals surface area contributed by atoms with Crippen molar-refractivity contribution < 1.29 is 4.74 Å². The number of hydrogen-bond donors (Lipinski definition) is 1. The highest BCUT2D eigenvalue weighted by Gasteiger charge is 2.06. The smallest absolute Gasteiger partial charge is 0.256 e. The van der Waals surface area contributed by atoms with Crippen molar-refractivity contribution in [3.8, 4) is 5.95 Å². The molecule has 0 aliphatic rings. The molecule has 0 amide bonds. The van der Waals surface area contributed by atoms with Crippen LogP contribution in [-0.2, 0) is 4.74 Å². The van der Waals surface area contributed by atoms with Crippen LogP contribution in [-0.4, -0.2) is 45.0 Å². The van der Waals surface area contributed by atoms with Gasteiger partial charge in [-0.05, 0) is 30.5 Å². The average molecular weight is 283 g/mol. The molecule has 0 aliphatic carbocycles. The third kappa shape index (κ3) is 4.15. The van der Waals surface area contributed by atoms with Crippen LogP contribution < -0.4 is 5.32 Å². The van der Waals surface area contributed by atoms with E-state index >= 15 is 0 Å². The maximum Gasteiger partial charge on any atom is 0.256 e. The Balaban J connectivity index is 1.97. The molecule has 0 aromatic carbocycles. The van der Waals surface area contributed by atoms with Crippen LogP contribution in [0.4, 0.5) is 5.95 Å². The Bertz CT molecular complexity index is 504. The van der Waals surface area contributed by atoms with Crippen LogP contribution in [0.3, 0.4) is 0 Å². The number of halogens is 1. The number of hydrogen-bond acceptors (Lipinski definition) is 6. The van der Waals surface area contributed by atoms with E-state index in [1.165, 1.54) is 4.68 Å². The third-order valence-electron chi connectivity index (χ3n) is 2.36. The van der Waals surface area contributed by atoms with Crippen LogP contribution in [0.15, 0.2) is 18.5 Å². The van der Waals surface area contributed by atoms with Crippen LogP contribution in [0.25, 0.3) is 5.95 Å². The van der Waals surface area contributed by atoms with Crippen LogP contribution >= 0.6 is 11.6 Å². The van der Waals surface area contributed by atoms with Crippen molar-refractivity contribution in [3.05, 3.63) is 23.7 Å². The maximum atomic E-state index is 5.87. The SMILES string of the molecule is COCCCCNc1nc(Cl)nc(-n2cccn2)n1. The van der Waals surface area contributed by atoms with Gasteiger partial charge in [-0.2, -0.15) is 20.1 Å². The van der Waals surface area contributed by atoms with Crippen molar-refractivity contribution in [2.75, 3.05) is 25.6 Å². The van der Waals surface area contributed by atoms with Crippen molar-refractivity contribution in [1.82, 2.24) is 24.7 Å². The molecule has 2 rings (SSSR count). The molecule has 0 atom stereocenters. The Labute approximate surface area is 116 Å². The molecule has 19 heavy (non-hydrogen) atoms. The lowest BCUT2D eigenvalue weighted by Gasteiger charge is -2.06. The minimum absolute atomic E-state index is 0.139. The number of nitrogens with one attached hydrogen (secondary N) is 1. The van der Waals surface area contributed by atoms with Crippen molar-refractivity contribution >= 4 is 17.5 Å². The summed E-state index contributed by atoms with van der Waals surface area (Å²) in [4.78, 5) is 12.3. The Morgan fingerprint density at radius 3 is 2.95 bits per heavy atom. The molecule has 0 spiro atoms. The summed E-state index contributed by atoms with van der Waals surface area (Å²) in [7, 11) is 1.69. The van der Waals surface area contributed by atoms with E-state index in [0.717, 1.165) is 26.0 Å². The molecule has 102 valence electrons. The van der Waals surface area contributed by atoms with Crippen LogP contribution in [0.2, 0.25) is 5.28 Å². The summed E-state index contributed by atoms with van der Waals surface area (Å²) < 4.78 is 6.51. The van der Waals surface area contributed by atoms with Crippen LogP contribution in [0, 0.1) is 0 Å². The summed E-state index contributed by atoms with van der Waals surface area (Å²) in [5, 5.41) is 7.29. The molecule has 7 nitrogen and oxygen atoms in total. The van der Waals surface area contributed by atoms with Gasteiger partial charge >= 0.3 is 0 Å². The highest BCUT2D eigenvalue weighted by molar-refractivity contribution is 6.28. The first kappa shape index (κ1) is 13.7. The molecule has 0 unspecified atom stereocenters. The quantitative estimate of drug-likeness (QED) is 0.776. The van der Waals surface area contributed by atoms with Crippen molar-refractivity contribution in [2.45, 2.75) is 12.8 Å². The molecule has 2 heterocycles. The lowest BCUT2D eigenvalue weighted by molar-refractivity contribution is 0.193. The molecule has 2 aromatic heterocycles. The molecule has 0 saturated carbocycles. The van der Waals surface area contributed by atoms with Gasteiger partial charge in [0.05, 0.1) is 0 Å². The minimum Gasteiger partial charge on any atom is -0.385 e. The number of aromatic nitrogens is 5.